The maximum atomic E-state index is 11.3. The number of sulfonamides is 1. The van der Waals surface area contributed by atoms with Gasteiger partial charge < -0.3 is 15.8 Å². The fourth-order valence-electron chi connectivity index (χ4n) is 2.65. The molecule has 1 aromatic carbocycles. The zero-order chi connectivity index (χ0) is 15.8. The van der Waals surface area contributed by atoms with Crippen molar-refractivity contribution in [3.63, 3.8) is 0 Å². The zero-order valence-electron chi connectivity index (χ0n) is 12.6. The molecule has 21 heavy (non-hydrogen) atoms. The second-order valence-corrected chi connectivity index (χ2v) is 7.55. The number of nitrogen functional groups attached to an aromatic ring is 1. The summed E-state index contributed by atoms with van der Waals surface area (Å²) in [5.41, 5.74) is 7.00. The topological polar surface area (TPSA) is 107 Å². The molecule has 1 aliphatic carbocycles. The Morgan fingerprint density at radius 1 is 1.43 bits per heavy atom. The smallest absolute Gasteiger partial charge is 0.238 e. The second kappa shape index (κ2) is 5.47. The minimum Gasteiger partial charge on any atom is -0.397 e. The molecule has 2 unspecified atom stereocenters. The molecule has 6 nitrogen and oxygen atoms in total. The minimum absolute atomic E-state index is 0.00106. The third kappa shape index (κ3) is 3.14. The van der Waals surface area contributed by atoms with Crippen molar-refractivity contribution in [2.45, 2.75) is 44.2 Å². The lowest BCUT2D eigenvalue weighted by Crippen LogP contribution is -2.58. The van der Waals surface area contributed by atoms with Crippen LogP contribution in [-0.2, 0) is 14.8 Å². The molecule has 0 aliphatic heterocycles. The van der Waals surface area contributed by atoms with Crippen LogP contribution in [0.5, 0.6) is 0 Å². The monoisotopic (exact) mass is 313 g/mol. The summed E-state index contributed by atoms with van der Waals surface area (Å²) >= 11 is 0. The summed E-state index contributed by atoms with van der Waals surface area (Å²) in [6.07, 6.45) is 1.13. The summed E-state index contributed by atoms with van der Waals surface area (Å²) < 4.78 is 28.3. The lowest BCUT2D eigenvalue weighted by Gasteiger charge is -2.52. The van der Waals surface area contributed by atoms with Gasteiger partial charge in [0.15, 0.2) is 0 Å². The van der Waals surface area contributed by atoms with E-state index in [9.17, 15) is 8.42 Å². The first-order valence-electron chi connectivity index (χ1n) is 6.96. The predicted octanol–water partition coefficient (Wildman–Crippen LogP) is 1.53. The van der Waals surface area contributed by atoms with Gasteiger partial charge in [-0.3, -0.25) is 0 Å². The van der Waals surface area contributed by atoms with Gasteiger partial charge in [-0.15, -0.1) is 0 Å². The van der Waals surface area contributed by atoms with E-state index in [1.807, 2.05) is 6.92 Å². The Bertz CT molecular complexity index is 628. The molecule has 5 N–H and O–H groups in total. The zero-order valence-corrected chi connectivity index (χ0v) is 13.4. The molecule has 0 amide bonds. The summed E-state index contributed by atoms with van der Waals surface area (Å²) in [5.74, 6) is 0. The van der Waals surface area contributed by atoms with Crippen LogP contribution in [0.2, 0.25) is 0 Å². The summed E-state index contributed by atoms with van der Waals surface area (Å²) in [6, 6.07) is 4.72. The number of anilines is 2. The highest BCUT2D eigenvalue weighted by molar-refractivity contribution is 7.89. The number of nitrogens with two attached hydrogens (primary N) is 2. The molecule has 2 atom stereocenters. The number of benzene rings is 1. The van der Waals surface area contributed by atoms with E-state index < -0.39 is 10.0 Å². The van der Waals surface area contributed by atoms with Crippen LogP contribution in [-0.4, -0.2) is 27.2 Å². The molecule has 0 aromatic heterocycles. The third-order valence-corrected chi connectivity index (χ3v) is 5.14. The van der Waals surface area contributed by atoms with E-state index in [1.165, 1.54) is 12.1 Å². The van der Waals surface area contributed by atoms with E-state index in [4.69, 9.17) is 15.6 Å². The molecule has 0 saturated heterocycles. The summed E-state index contributed by atoms with van der Waals surface area (Å²) in [5, 5.41) is 8.45. The first kappa shape index (κ1) is 16.1. The van der Waals surface area contributed by atoms with E-state index >= 15 is 0 Å². The number of hydrogen-bond acceptors (Lipinski definition) is 5. The van der Waals surface area contributed by atoms with Gasteiger partial charge >= 0.3 is 0 Å². The van der Waals surface area contributed by atoms with Gasteiger partial charge in [-0.2, -0.15) is 0 Å². The first-order valence-corrected chi connectivity index (χ1v) is 8.51. The SMILES string of the molecule is CCOC1CC(Nc2ccc(S(N)(=O)=O)cc2N)C1(C)C. The molecule has 0 bridgehead atoms. The largest absolute Gasteiger partial charge is 0.397 e. The quantitative estimate of drug-likeness (QED) is 0.715. The summed E-state index contributed by atoms with van der Waals surface area (Å²) in [6.45, 7) is 6.97. The van der Waals surface area contributed by atoms with Crippen LogP contribution in [0.3, 0.4) is 0 Å². The molecule has 1 aliphatic rings. The average Bonchev–Trinajstić information content (AvgIpc) is 2.38. The van der Waals surface area contributed by atoms with E-state index in [1.54, 1.807) is 6.07 Å². The maximum Gasteiger partial charge on any atom is 0.238 e. The van der Waals surface area contributed by atoms with E-state index in [2.05, 4.69) is 19.2 Å². The molecule has 2 rings (SSSR count). The lowest BCUT2D eigenvalue weighted by molar-refractivity contribution is -0.0975. The molecule has 1 aromatic rings. The molecule has 1 fully saturated rings. The van der Waals surface area contributed by atoms with E-state index in [0.29, 0.717) is 12.3 Å². The Morgan fingerprint density at radius 3 is 2.57 bits per heavy atom. The molecule has 0 heterocycles. The van der Waals surface area contributed by atoms with Crippen molar-refractivity contribution < 1.29 is 13.2 Å². The van der Waals surface area contributed by atoms with Gasteiger partial charge in [0.1, 0.15) is 0 Å². The number of hydrogen-bond donors (Lipinski definition) is 3. The van der Waals surface area contributed by atoms with Gasteiger partial charge in [-0.1, -0.05) is 13.8 Å². The third-order valence-electron chi connectivity index (χ3n) is 4.23. The predicted molar refractivity (Wildman–Crippen MR) is 83.5 cm³/mol. The molecular formula is C14H23N3O3S. The highest BCUT2D eigenvalue weighted by Crippen LogP contribution is 2.44. The van der Waals surface area contributed by atoms with E-state index in [0.717, 1.165) is 12.1 Å². The number of ether oxygens (including phenoxy) is 1. The number of nitrogens with one attached hydrogen (secondary N) is 1. The van der Waals surface area contributed by atoms with Crippen LogP contribution in [0, 0.1) is 5.41 Å². The van der Waals surface area contributed by atoms with Crippen LogP contribution >= 0.6 is 0 Å². The highest BCUT2D eigenvalue weighted by atomic mass is 32.2. The van der Waals surface area contributed by atoms with Gasteiger partial charge in [-0.25, -0.2) is 13.6 Å². The van der Waals surface area contributed by atoms with Gasteiger partial charge in [-0.05, 0) is 31.5 Å². The van der Waals surface area contributed by atoms with Crippen molar-refractivity contribution in [3.8, 4) is 0 Å². The van der Waals surface area contributed by atoms with Gasteiger partial charge in [0.05, 0.1) is 22.4 Å². The van der Waals surface area contributed by atoms with E-state index in [-0.39, 0.29) is 22.5 Å². The normalized spacial score (nSPS) is 24.4. The van der Waals surface area contributed by atoms with Crippen LogP contribution in [0.1, 0.15) is 27.2 Å². The van der Waals surface area contributed by atoms with Crippen molar-refractivity contribution >= 4 is 21.4 Å². The molecule has 118 valence electrons. The maximum absolute atomic E-state index is 11.3. The van der Waals surface area contributed by atoms with Crippen molar-refractivity contribution in [3.05, 3.63) is 18.2 Å². The molecule has 1 saturated carbocycles. The molecule has 7 heteroatoms. The Morgan fingerprint density at radius 2 is 2.10 bits per heavy atom. The Hall–Kier alpha value is -1.31. The van der Waals surface area contributed by atoms with Gasteiger partial charge in [0.2, 0.25) is 10.0 Å². The number of rotatable bonds is 5. The van der Waals surface area contributed by atoms with Crippen molar-refractivity contribution in [2.75, 3.05) is 17.7 Å². The van der Waals surface area contributed by atoms with Crippen LogP contribution in [0.15, 0.2) is 23.1 Å². The van der Waals surface area contributed by atoms with Crippen LogP contribution in [0.25, 0.3) is 0 Å². The molecular weight excluding hydrogens is 290 g/mol. The van der Waals surface area contributed by atoms with Crippen LogP contribution in [0.4, 0.5) is 11.4 Å². The summed E-state index contributed by atoms with van der Waals surface area (Å²) in [4.78, 5) is 0.0191. The Labute approximate surface area is 125 Å². The van der Waals surface area contributed by atoms with Crippen molar-refractivity contribution in [1.29, 1.82) is 0 Å². The first-order chi connectivity index (χ1) is 9.66. The lowest BCUT2D eigenvalue weighted by atomic mass is 9.64. The standard InChI is InChI=1S/C14H23N3O3S/c1-4-20-13-8-12(14(13,2)3)17-11-6-5-9(7-10(11)15)21(16,18)19/h5-7,12-13,17H,4,8,15H2,1-3H3,(H2,16,18,19). The average molecular weight is 313 g/mol. The molecule has 0 spiro atoms. The summed E-state index contributed by atoms with van der Waals surface area (Å²) in [7, 11) is -3.73. The van der Waals surface area contributed by atoms with Gasteiger partial charge in [0.25, 0.3) is 0 Å². The van der Waals surface area contributed by atoms with Crippen molar-refractivity contribution in [1.82, 2.24) is 0 Å². The second-order valence-electron chi connectivity index (χ2n) is 5.99. The van der Waals surface area contributed by atoms with Gasteiger partial charge in [0, 0.05) is 18.1 Å². The Kier molecular flexibility index (Phi) is 4.19. The highest BCUT2D eigenvalue weighted by Gasteiger charge is 2.48. The fourth-order valence-corrected chi connectivity index (χ4v) is 3.20. The fraction of sp³-hybridized carbons (Fsp3) is 0.571. The van der Waals surface area contributed by atoms with Crippen LogP contribution < -0.4 is 16.2 Å². The Balaban J connectivity index is 2.12. The minimum atomic E-state index is -3.73. The number of primary sulfonamides is 1. The van der Waals surface area contributed by atoms with Crippen molar-refractivity contribution in [2.24, 2.45) is 10.6 Å². The molecule has 0 radical (unpaired) electrons.